The van der Waals surface area contributed by atoms with Crippen LogP contribution < -0.4 is 15.4 Å². The SMILES string of the molecule is CNc1ccc(C(=O)NCc2ccnc(OC)c2)nn1. The second-order valence-corrected chi connectivity index (χ2v) is 3.94. The first-order valence-corrected chi connectivity index (χ1v) is 6.01. The zero-order chi connectivity index (χ0) is 14.4. The van der Waals surface area contributed by atoms with Gasteiger partial charge in [-0.2, -0.15) is 0 Å². The Bertz CT molecular complexity index is 586. The highest BCUT2D eigenvalue weighted by molar-refractivity contribution is 5.92. The summed E-state index contributed by atoms with van der Waals surface area (Å²) in [7, 11) is 3.28. The molecule has 0 radical (unpaired) electrons. The fraction of sp³-hybridized carbons (Fsp3) is 0.231. The summed E-state index contributed by atoms with van der Waals surface area (Å²) in [6.45, 7) is 0.368. The normalized spacial score (nSPS) is 9.90. The maximum atomic E-state index is 11.9. The molecule has 0 aromatic carbocycles. The van der Waals surface area contributed by atoms with Crippen LogP contribution in [0.4, 0.5) is 5.82 Å². The van der Waals surface area contributed by atoms with Crippen LogP contribution in [0.15, 0.2) is 30.5 Å². The number of rotatable bonds is 5. The Balaban J connectivity index is 1.97. The molecule has 0 fully saturated rings. The number of nitrogens with one attached hydrogen (secondary N) is 2. The maximum Gasteiger partial charge on any atom is 0.272 e. The number of pyridine rings is 1. The highest BCUT2D eigenvalue weighted by Crippen LogP contribution is 2.08. The largest absolute Gasteiger partial charge is 0.481 e. The average molecular weight is 273 g/mol. The molecular weight excluding hydrogens is 258 g/mol. The highest BCUT2D eigenvalue weighted by atomic mass is 16.5. The molecule has 0 aliphatic carbocycles. The van der Waals surface area contributed by atoms with E-state index < -0.39 is 0 Å². The Morgan fingerprint density at radius 2 is 2.15 bits per heavy atom. The number of nitrogens with zero attached hydrogens (tertiary/aromatic N) is 3. The number of methoxy groups -OCH3 is 1. The van der Waals surface area contributed by atoms with Crippen molar-refractivity contribution in [3.63, 3.8) is 0 Å². The topological polar surface area (TPSA) is 89.0 Å². The van der Waals surface area contributed by atoms with Gasteiger partial charge in [0.05, 0.1) is 7.11 Å². The predicted octanol–water partition coefficient (Wildman–Crippen LogP) is 0.852. The molecule has 2 N–H and O–H groups in total. The summed E-state index contributed by atoms with van der Waals surface area (Å²) in [5.41, 5.74) is 1.16. The van der Waals surface area contributed by atoms with Gasteiger partial charge < -0.3 is 15.4 Å². The van der Waals surface area contributed by atoms with Crippen LogP contribution in [0.25, 0.3) is 0 Å². The first-order valence-electron chi connectivity index (χ1n) is 6.01. The standard InChI is InChI=1S/C13H15N5O2/c1-14-11-4-3-10(17-18-11)13(19)16-8-9-5-6-15-12(7-9)20-2/h3-7H,8H2,1-2H3,(H,14,18)(H,16,19). The van der Waals surface area contributed by atoms with Gasteiger partial charge in [-0.3, -0.25) is 4.79 Å². The first-order chi connectivity index (χ1) is 9.72. The van der Waals surface area contributed by atoms with E-state index in [4.69, 9.17) is 4.74 Å². The van der Waals surface area contributed by atoms with Gasteiger partial charge in [0.1, 0.15) is 5.82 Å². The molecule has 1 amide bonds. The van der Waals surface area contributed by atoms with Crippen molar-refractivity contribution in [3.8, 4) is 5.88 Å². The van der Waals surface area contributed by atoms with Crippen LogP contribution in [0.2, 0.25) is 0 Å². The molecule has 0 unspecified atom stereocenters. The Kier molecular flexibility index (Phi) is 4.43. The molecule has 2 aromatic heterocycles. The second kappa shape index (κ2) is 6.46. The third-order valence-corrected chi connectivity index (χ3v) is 2.61. The lowest BCUT2D eigenvalue weighted by Crippen LogP contribution is -2.24. The molecule has 0 aliphatic heterocycles. The molecular formula is C13H15N5O2. The Morgan fingerprint density at radius 1 is 1.30 bits per heavy atom. The molecule has 0 atom stereocenters. The van der Waals surface area contributed by atoms with Crippen LogP contribution in [-0.2, 0) is 6.54 Å². The Morgan fingerprint density at radius 3 is 2.80 bits per heavy atom. The molecule has 0 aliphatic rings. The number of amides is 1. The lowest BCUT2D eigenvalue weighted by atomic mass is 10.2. The van der Waals surface area contributed by atoms with Crippen molar-refractivity contribution in [2.45, 2.75) is 6.54 Å². The fourth-order valence-corrected chi connectivity index (χ4v) is 1.53. The van der Waals surface area contributed by atoms with Gasteiger partial charge in [-0.05, 0) is 23.8 Å². The zero-order valence-corrected chi connectivity index (χ0v) is 11.3. The van der Waals surface area contributed by atoms with Gasteiger partial charge in [0.2, 0.25) is 5.88 Å². The van der Waals surface area contributed by atoms with Crippen LogP contribution in [0.1, 0.15) is 16.1 Å². The van der Waals surface area contributed by atoms with Crippen molar-refractivity contribution in [2.75, 3.05) is 19.5 Å². The van der Waals surface area contributed by atoms with Gasteiger partial charge in [0.25, 0.3) is 5.91 Å². The molecule has 7 heteroatoms. The minimum absolute atomic E-state index is 0.269. The van der Waals surface area contributed by atoms with Gasteiger partial charge in [-0.25, -0.2) is 4.98 Å². The van der Waals surface area contributed by atoms with Crippen molar-refractivity contribution in [3.05, 3.63) is 41.7 Å². The highest BCUT2D eigenvalue weighted by Gasteiger charge is 2.08. The summed E-state index contributed by atoms with van der Waals surface area (Å²) in [5.74, 6) is 0.839. The fourth-order valence-electron chi connectivity index (χ4n) is 1.53. The molecule has 0 saturated carbocycles. The van der Waals surface area contributed by atoms with E-state index in [0.29, 0.717) is 18.2 Å². The Labute approximate surface area is 116 Å². The molecule has 2 rings (SSSR count). The van der Waals surface area contributed by atoms with Crippen molar-refractivity contribution in [1.29, 1.82) is 0 Å². The van der Waals surface area contributed by atoms with Gasteiger partial charge in [-0.15, -0.1) is 10.2 Å². The summed E-state index contributed by atoms with van der Waals surface area (Å²) in [6.07, 6.45) is 1.63. The summed E-state index contributed by atoms with van der Waals surface area (Å²) in [4.78, 5) is 15.9. The van der Waals surface area contributed by atoms with E-state index in [0.717, 1.165) is 5.56 Å². The quantitative estimate of drug-likeness (QED) is 0.839. The monoisotopic (exact) mass is 273 g/mol. The van der Waals surface area contributed by atoms with Crippen molar-refractivity contribution >= 4 is 11.7 Å². The first kappa shape index (κ1) is 13.7. The maximum absolute atomic E-state index is 11.9. The molecule has 2 aromatic rings. The minimum Gasteiger partial charge on any atom is -0.481 e. The zero-order valence-electron chi connectivity index (χ0n) is 11.3. The van der Waals surface area contributed by atoms with E-state index >= 15 is 0 Å². The number of carbonyl (C=O) groups excluding carboxylic acids is 1. The van der Waals surface area contributed by atoms with Gasteiger partial charge in [-0.1, -0.05) is 0 Å². The molecule has 0 spiro atoms. The minimum atomic E-state index is -0.282. The third-order valence-electron chi connectivity index (χ3n) is 2.61. The number of hydrogen-bond donors (Lipinski definition) is 2. The van der Waals surface area contributed by atoms with Gasteiger partial charge in [0, 0.05) is 25.9 Å². The Hall–Kier alpha value is -2.70. The van der Waals surface area contributed by atoms with E-state index in [2.05, 4.69) is 25.8 Å². The van der Waals surface area contributed by atoms with E-state index in [9.17, 15) is 4.79 Å². The van der Waals surface area contributed by atoms with E-state index in [-0.39, 0.29) is 11.6 Å². The molecule has 7 nitrogen and oxygen atoms in total. The molecule has 0 bridgehead atoms. The lowest BCUT2D eigenvalue weighted by Gasteiger charge is -2.06. The lowest BCUT2D eigenvalue weighted by molar-refractivity contribution is 0.0945. The summed E-state index contributed by atoms with van der Waals surface area (Å²) < 4.78 is 5.02. The van der Waals surface area contributed by atoms with Gasteiger partial charge in [0.15, 0.2) is 5.69 Å². The summed E-state index contributed by atoms with van der Waals surface area (Å²) >= 11 is 0. The second-order valence-electron chi connectivity index (χ2n) is 3.94. The van der Waals surface area contributed by atoms with E-state index in [1.54, 1.807) is 44.6 Å². The number of hydrogen-bond acceptors (Lipinski definition) is 6. The van der Waals surface area contributed by atoms with Crippen molar-refractivity contribution in [2.24, 2.45) is 0 Å². The van der Waals surface area contributed by atoms with Crippen LogP contribution in [0.5, 0.6) is 5.88 Å². The van der Waals surface area contributed by atoms with Crippen LogP contribution in [0.3, 0.4) is 0 Å². The van der Waals surface area contributed by atoms with E-state index in [1.165, 1.54) is 0 Å². The molecule has 20 heavy (non-hydrogen) atoms. The van der Waals surface area contributed by atoms with Crippen LogP contribution >= 0.6 is 0 Å². The number of ether oxygens (including phenoxy) is 1. The molecule has 2 heterocycles. The summed E-state index contributed by atoms with van der Waals surface area (Å²) in [5, 5.41) is 13.3. The van der Waals surface area contributed by atoms with Gasteiger partial charge >= 0.3 is 0 Å². The average Bonchev–Trinajstić information content (AvgIpc) is 2.53. The van der Waals surface area contributed by atoms with Crippen LogP contribution in [-0.4, -0.2) is 35.2 Å². The number of anilines is 1. The molecule has 0 saturated heterocycles. The van der Waals surface area contributed by atoms with Crippen LogP contribution in [0, 0.1) is 0 Å². The van der Waals surface area contributed by atoms with E-state index in [1.807, 2.05) is 0 Å². The van der Waals surface area contributed by atoms with Crippen molar-refractivity contribution in [1.82, 2.24) is 20.5 Å². The number of carbonyl (C=O) groups is 1. The molecule has 104 valence electrons. The third kappa shape index (κ3) is 3.41. The smallest absolute Gasteiger partial charge is 0.272 e. The van der Waals surface area contributed by atoms with Crippen molar-refractivity contribution < 1.29 is 9.53 Å². The predicted molar refractivity (Wildman–Crippen MR) is 73.5 cm³/mol. The summed E-state index contributed by atoms with van der Waals surface area (Å²) in [6, 6.07) is 6.87. The number of aromatic nitrogens is 3.